The number of amides is 1. The average Bonchev–Trinajstić information content (AvgIpc) is 2.38. The van der Waals surface area contributed by atoms with Crippen molar-refractivity contribution in [2.75, 3.05) is 11.4 Å². The van der Waals surface area contributed by atoms with Crippen LogP contribution in [0, 0.1) is 0 Å². The predicted molar refractivity (Wildman–Crippen MR) is 77.2 cm³/mol. The van der Waals surface area contributed by atoms with Crippen LogP contribution in [0.25, 0.3) is 0 Å². The lowest BCUT2D eigenvalue weighted by Crippen LogP contribution is -2.56. The maximum atomic E-state index is 11.6. The molecule has 1 amide bonds. The number of piperidine rings is 1. The zero-order chi connectivity index (χ0) is 14.9. The van der Waals surface area contributed by atoms with E-state index >= 15 is 0 Å². The Morgan fingerprint density at radius 3 is 2.70 bits per heavy atom. The zero-order valence-electron chi connectivity index (χ0n) is 11.2. The first-order valence-electron chi connectivity index (χ1n) is 6.47. The van der Waals surface area contributed by atoms with Gasteiger partial charge in [-0.15, -0.1) is 0 Å². The van der Waals surface area contributed by atoms with Crippen molar-refractivity contribution in [2.24, 2.45) is 5.73 Å². The highest BCUT2D eigenvalue weighted by Gasteiger charge is 2.42. The van der Waals surface area contributed by atoms with Crippen LogP contribution in [0.5, 0.6) is 0 Å². The highest BCUT2D eigenvalue weighted by atomic mass is 35.5. The second-order valence-corrected chi connectivity index (χ2v) is 5.59. The molecule has 1 aromatic rings. The average molecular weight is 297 g/mol. The van der Waals surface area contributed by atoms with Crippen molar-refractivity contribution in [3.8, 4) is 0 Å². The van der Waals surface area contributed by atoms with Gasteiger partial charge in [0.15, 0.2) is 0 Å². The standard InChI is InChI=1S/C14H17ClN2O3/c1-14(13(19)20)7-2-3-8-17(14)10-6-4-5-9(15)11(10)12(16)18/h4-6H,2-3,7-8H2,1H3,(H2,16,18)(H,19,20). The maximum Gasteiger partial charge on any atom is 0.329 e. The van der Waals surface area contributed by atoms with E-state index in [0.29, 0.717) is 18.7 Å². The molecule has 5 nitrogen and oxygen atoms in total. The van der Waals surface area contributed by atoms with E-state index in [1.165, 1.54) is 0 Å². The van der Waals surface area contributed by atoms with Crippen LogP contribution in [-0.2, 0) is 4.79 Å². The van der Waals surface area contributed by atoms with Gasteiger partial charge in [0, 0.05) is 6.54 Å². The second kappa shape index (κ2) is 5.32. The van der Waals surface area contributed by atoms with E-state index in [2.05, 4.69) is 0 Å². The first-order chi connectivity index (χ1) is 9.38. The molecule has 1 saturated heterocycles. The van der Waals surface area contributed by atoms with Crippen molar-refractivity contribution in [1.82, 2.24) is 0 Å². The summed E-state index contributed by atoms with van der Waals surface area (Å²) in [4.78, 5) is 25.0. The number of carboxylic acids is 1. The molecule has 20 heavy (non-hydrogen) atoms. The van der Waals surface area contributed by atoms with Gasteiger partial charge in [0.1, 0.15) is 5.54 Å². The number of nitrogens with zero attached hydrogens (tertiary/aromatic N) is 1. The van der Waals surface area contributed by atoms with Gasteiger partial charge in [0.2, 0.25) is 0 Å². The smallest absolute Gasteiger partial charge is 0.329 e. The fourth-order valence-electron chi connectivity index (χ4n) is 2.71. The third-order valence-corrected chi connectivity index (χ3v) is 4.20. The molecule has 0 aliphatic carbocycles. The molecule has 0 aromatic heterocycles. The van der Waals surface area contributed by atoms with Crippen LogP contribution in [0.3, 0.4) is 0 Å². The number of nitrogens with two attached hydrogens (primary N) is 1. The topological polar surface area (TPSA) is 83.6 Å². The summed E-state index contributed by atoms with van der Waals surface area (Å²) in [6.45, 7) is 2.23. The summed E-state index contributed by atoms with van der Waals surface area (Å²) in [6, 6.07) is 4.96. The monoisotopic (exact) mass is 296 g/mol. The number of anilines is 1. The van der Waals surface area contributed by atoms with Crippen LogP contribution in [0.2, 0.25) is 5.02 Å². The molecule has 6 heteroatoms. The van der Waals surface area contributed by atoms with E-state index in [9.17, 15) is 14.7 Å². The van der Waals surface area contributed by atoms with E-state index in [4.69, 9.17) is 17.3 Å². The Kier molecular flexibility index (Phi) is 3.90. The summed E-state index contributed by atoms with van der Waals surface area (Å²) in [6.07, 6.45) is 2.23. The molecule has 1 heterocycles. The molecule has 1 unspecified atom stereocenters. The van der Waals surface area contributed by atoms with Gasteiger partial charge in [-0.05, 0) is 38.3 Å². The van der Waals surface area contributed by atoms with Gasteiger partial charge in [-0.25, -0.2) is 4.79 Å². The van der Waals surface area contributed by atoms with Crippen molar-refractivity contribution >= 4 is 29.2 Å². The fourth-order valence-corrected chi connectivity index (χ4v) is 2.97. The Morgan fingerprint density at radius 1 is 1.40 bits per heavy atom. The van der Waals surface area contributed by atoms with E-state index in [1.807, 2.05) is 0 Å². The van der Waals surface area contributed by atoms with Crippen LogP contribution >= 0.6 is 11.6 Å². The van der Waals surface area contributed by atoms with Crippen LogP contribution < -0.4 is 10.6 Å². The number of carbonyl (C=O) groups is 2. The lowest BCUT2D eigenvalue weighted by atomic mass is 9.87. The van der Waals surface area contributed by atoms with E-state index in [-0.39, 0.29) is 10.6 Å². The number of carboxylic acid groups (broad SMARTS) is 1. The van der Waals surface area contributed by atoms with Gasteiger partial charge in [-0.3, -0.25) is 4.79 Å². The second-order valence-electron chi connectivity index (χ2n) is 5.19. The fraction of sp³-hybridized carbons (Fsp3) is 0.429. The van der Waals surface area contributed by atoms with Gasteiger partial charge in [0.25, 0.3) is 5.91 Å². The number of hydrogen-bond donors (Lipinski definition) is 2. The van der Waals surface area contributed by atoms with Crippen molar-refractivity contribution in [2.45, 2.75) is 31.7 Å². The molecular formula is C14H17ClN2O3. The molecule has 2 rings (SSSR count). The molecule has 0 spiro atoms. The Bertz CT molecular complexity index is 561. The van der Waals surface area contributed by atoms with Gasteiger partial charge < -0.3 is 15.7 Å². The summed E-state index contributed by atoms with van der Waals surface area (Å²) in [5.41, 5.74) is 5.02. The SMILES string of the molecule is CC1(C(=O)O)CCCCN1c1cccc(Cl)c1C(N)=O. The predicted octanol–water partition coefficient (Wildman–Crippen LogP) is 2.27. The third-order valence-electron chi connectivity index (χ3n) is 3.88. The molecular weight excluding hydrogens is 280 g/mol. The number of benzene rings is 1. The van der Waals surface area contributed by atoms with Crippen molar-refractivity contribution in [3.63, 3.8) is 0 Å². The third kappa shape index (κ3) is 2.33. The first-order valence-corrected chi connectivity index (χ1v) is 6.85. The van der Waals surface area contributed by atoms with E-state index in [1.54, 1.807) is 30.0 Å². The van der Waals surface area contributed by atoms with Crippen molar-refractivity contribution in [3.05, 3.63) is 28.8 Å². The molecule has 1 aromatic carbocycles. The highest BCUT2D eigenvalue weighted by Crippen LogP contribution is 2.37. The summed E-state index contributed by atoms with van der Waals surface area (Å²) in [5, 5.41) is 9.78. The summed E-state index contributed by atoms with van der Waals surface area (Å²) < 4.78 is 0. The Morgan fingerprint density at radius 2 is 2.10 bits per heavy atom. The summed E-state index contributed by atoms with van der Waals surface area (Å²) in [7, 11) is 0. The van der Waals surface area contributed by atoms with Crippen LogP contribution in [-0.4, -0.2) is 29.1 Å². The molecule has 108 valence electrons. The van der Waals surface area contributed by atoms with Crippen molar-refractivity contribution in [1.29, 1.82) is 0 Å². The molecule has 0 radical (unpaired) electrons. The lowest BCUT2D eigenvalue weighted by molar-refractivity contribution is -0.143. The Hall–Kier alpha value is -1.75. The van der Waals surface area contributed by atoms with Crippen LogP contribution in [0.15, 0.2) is 18.2 Å². The minimum Gasteiger partial charge on any atom is -0.480 e. The molecule has 1 aliphatic rings. The number of hydrogen-bond acceptors (Lipinski definition) is 3. The molecule has 1 aliphatic heterocycles. The molecule has 3 N–H and O–H groups in total. The first kappa shape index (κ1) is 14.7. The van der Waals surface area contributed by atoms with Crippen molar-refractivity contribution < 1.29 is 14.7 Å². The molecule has 0 saturated carbocycles. The summed E-state index contributed by atoms with van der Waals surface area (Å²) in [5.74, 6) is -1.56. The Labute approximate surface area is 122 Å². The van der Waals surface area contributed by atoms with E-state index in [0.717, 1.165) is 12.8 Å². The van der Waals surface area contributed by atoms with Crippen LogP contribution in [0.1, 0.15) is 36.5 Å². The molecule has 1 fully saturated rings. The van der Waals surface area contributed by atoms with Gasteiger partial charge in [0.05, 0.1) is 16.3 Å². The quantitative estimate of drug-likeness (QED) is 0.896. The number of carbonyl (C=O) groups excluding carboxylic acids is 1. The molecule has 1 atom stereocenters. The lowest BCUT2D eigenvalue weighted by Gasteiger charge is -2.44. The normalized spacial score (nSPS) is 22.6. The van der Waals surface area contributed by atoms with Gasteiger partial charge >= 0.3 is 5.97 Å². The summed E-state index contributed by atoms with van der Waals surface area (Å²) >= 11 is 6.04. The Balaban J connectivity index is 2.57. The number of primary amides is 1. The number of aliphatic carboxylic acids is 1. The maximum absolute atomic E-state index is 11.6. The van der Waals surface area contributed by atoms with Gasteiger partial charge in [-0.2, -0.15) is 0 Å². The minimum atomic E-state index is -1.05. The number of halogens is 1. The molecule has 0 bridgehead atoms. The zero-order valence-corrected chi connectivity index (χ0v) is 12.0. The van der Waals surface area contributed by atoms with Gasteiger partial charge in [-0.1, -0.05) is 17.7 Å². The highest BCUT2D eigenvalue weighted by molar-refractivity contribution is 6.34. The number of rotatable bonds is 3. The van der Waals surface area contributed by atoms with E-state index < -0.39 is 17.4 Å². The largest absolute Gasteiger partial charge is 0.480 e. The minimum absolute atomic E-state index is 0.184. The van der Waals surface area contributed by atoms with Crippen LogP contribution in [0.4, 0.5) is 5.69 Å².